The molecule has 0 unspecified atom stereocenters. The van der Waals surface area contributed by atoms with Crippen molar-refractivity contribution in [2.24, 2.45) is 0 Å². The van der Waals surface area contributed by atoms with E-state index in [0.717, 1.165) is 0 Å². The Hall–Kier alpha value is -0.805. The van der Waals surface area contributed by atoms with Crippen molar-refractivity contribution in [2.45, 2.75) is 6.92 Å². The standard InChI is InChI=1S/C4H6BNO3/c1-3-2-4(5(7)8)6-9-3/h2,7-8H,1H3. The molecule has 0 amide bonds. The second-order valence-corrected chi connectivity index (χ2v) is 1.74. The van der Waals surface area contributed by atoms with Gasteiger partial charge in [-0.05, 0) is 6.92 Å². The third-order valence-electron chi connectivity index (χ3n) is 0.911. The monoisotopic (exact) mass is 127 g/mol. The van der Waals surface area contributed by atoms with Gasteiger partial charge in [0.2, 0.25) is 0 Å². The molecule has 5 heteroatoms. The summed E-state index contributed by atoms with van der Waals surface area (Å²) < 4.78 is 4.56. The molecular formula is C4H6BNO3. The van der Waals surface area contributed by atoms with Crippen molar-refractivity contribution in [3.63, 3.8) is 0 Å². The third kappa shape index (κ3) is 1.31. The predicted octanol–water partition coefficient (Wildman–Crippen LogP) is -1.34. The summed E-state index contributed by atoms with van der Waals surface area (Å²) in [5, 5.41) is 20.3. The Balaban J connectivity index is 2.85. The van der Waals surface area contributed by atoms with E-state index in [1.165, 1.54) is 6.07 Å². The van der Waals surface area contributed by atoms with Crippen molar-refractivity contribution in [1.82, 2.24) is 5.16 Å². The van der Waals surface area contributed by atoms with Crippen LogP contribution in [-0.2, 0) is 0 Å². The molecule has 0 saturated carbocycles. The molecule has 48 valence electrons. The maximum Gasteiger partial charge on any atom is 0.511 e. The van der Waals surface area contributed by atoms with Crippen molar-refractivity contribution >= 4 is 12.7 Å². The molecule has 0 bridgehead atoms. The normalized spacial score (nSPS) is 9.67. The first-order valence-electron chi connectivity index (χ1n) is 2.49. The molecule has 0 saturated heterocycles. The lowest BCUT2D eigenvalue weighted by molar-refractivity contribution is 0.389. The molecule has 9 heavy (non-hydrogen) atoms. The first-order chi connectivity index (χ1) is 4.20. The topological polar surface area (TPSA) is 66.5 Å². The number of nitrogens with zero attached hydrogens (tertiary/aromatic N) is 1. The van der Waals surface area contributed by atoms with Gasteiger partial charge in [-0.15, -0.1) is 0 Å². The molecule has 1 heterocycles. The Morgan fingerprint density at radius 3 is 2.56 bits per heavy atom. The summed E-state index contributed by atoms with van der Waals surface area (Å²) in [6.45, 7) is 1.68. The van der Waals surface area contributed by atoms with E-state index in [0.29, 0.717) is 5.76 Å². The van der Waals surface area contributed by atoms with Gasteiger partial charge in [0, 0.05) is 6.07 Å². The van der Waals surface area contributed by atoms with Crippen LogP contribution in [0.4, 0.5) is 0 Å². The Morgan fingerprint density at radius 1 is 1.67 bits per heavy atom. The summed E-state index contributed by atoms with van der Waals surface area (Å²) in [5.74, 6) is 0.568. The molecule has 0 fully saturated rings. The molecule has 1 aromatic rings. The maximum atomic E-state index is 8.47. The van der Waals surface area contributed by atoms with Gasteiger partial charge in [-0.3, -0.25) is 0 Å². The van der Waals surface area contributed by atoms with Crippen LogP contribution in [0.1, 0.15) is 5.76 Å². The zero-order valence-corrected chi connectivity index (χ0v) is 4.90. The van der Waals surface area contributed by atoms with Crippen molar-refractivity contribution < 1.29 is 14.6 Å². The average Bonchev–Trinajstić information content (AvgIpc) is 2.14. The largest absolute Gasteiger partial charge is 0.511 e. The highest BCUT2D eigenvalue weighted by Crippen LogP contribution is 1.89. The first kappa shape index (κ1) is 6.32. The lowest BCUT2D eigenvalue weighted by atomic mass is 9.86. The zero-order chi connectivity index (χ0) is 6.85. The number of hydrogen-bond acceptors (Lipinski definition) is 4. The lowest BCUT2D eigenvalue weighted by Gasteiger charge is -1.84. The first-order valence-corrected chi connectivity index (χ1v) is 2.49. The van der Waals surface area contributed by atoms with Crippen LogP contribution in [0.25, 0.3) is 0 Å². The van der Waals surface area contributed by atoms with E-state index in [9.17, 15) is 0 Å². The van der Waals surface area contributed by atoms with Crippen molar-refractivity contribution in [3.05, 3.63) is 11.8 Å². The third-order valence-corrected chi connectivity index (χ3v) is 0.911. The minimum atomic E-state index is -1.53. The minimum Gasteiger partial charge on any atom is -0.422 e. The van der Waals surface area contributed by atoms with E-state index in [2.05, 4.69) is 9.68 Å². The molecule has 0 spiro atoms. The van der Waals surface area contributed by atoms with Crippen molar-refractivity contribution in [3.8, 4) is 0 Å². The number of aryl methyl sites for hydroxylation is 1. The molecule has 0 aliphatic heterocycles. The highest BCUT2D eigenvalue weighted by atomic mass is 16.5. The van der Waals surface area contributed by atoms with Gasteiger partial charge in [-0.25, -0.2) is 0 Å². The van der Waals surface area contributed by atoms with Gasteiger partial charge in [-0.2, -0.15) is 0 Å². The highest BCUT2D eigenvalue weighted by molar-refractivity contribution is 6.57. The number of rotatable bonds is 1. The summed E-state index contributed by atoms with van der Waals surface area (Å²) >= 11 is 0. The van der Waals surface area contributed by atoms with Crippen molar-refractivity contribution in [2.75, 3.05) is 0 Å². The van der Waals surface area contributed by atoms with E-state index in [1.807, 2.05) is 0 Å². The molecule has 2 N–H and O–H groups in total. The Kier molecular flexibility index (Phi) is 1.55. The smallest absolute Gasteiger partial charge is 0.422 e. The van der Waals surface area contributed by atoms with Crippen LogP contribution in [0, 0.1) is 6.92 Å². The highest BCUT2D eigenvalue weighted by Gasteiger charge is 2.14. The van der Waals surface area contributed by atoms with E-state index in [-0.39, 0.29) is 5.59 Å². The van der Waals surface area contributed by atoms with E-state index in [1.54, 1.807) is 6.92 Å². The molecule has 4 nitrogen and oxygen atoms in total. The fourth-order valence-electron chi connectivity index (χ4n) is 0.507. The molecule has 0 aromatic carbocycles. The molecule has 0 aliphatic carbocycles. The summed E-state index contributed by atoms with van der Waals surface area (Å²) in [5.41, 5.74) is 0.146. The predicted molar refractivity (Wildman–Crippen MR) is 31.1 cm³/mol. The van der Waals surface area contributed by atoms with E-state index in [4.69, 9.17) is 10.0 Å². The summed E-state index contributed by atoms with van der Waals surface area (Å²) in [7, 11) is -1.53. The Labute approximate surface area is 52.2 Å². The Bertz CT molecular complexity index is 197. The molecular weight excluding hydrogens is 121 g/mol. The summed E-state index contributed by atoms with van der Waals surface area (Å²) in [6.07, 6.45) is 0. The average molecular weight is 127 g/mol. The van der Waals surface area contributed by atoms with Gasteiger partial charge < -0.3 is 14.6 Å². The Morgan fingerprint density at radius 2 is 2.33 bits per heavy atom. The summed E-state index contributed by atoms with van der Waals surface area (Å²) in [6, 6.07) is 1.46. The lowest BCUT2D eigenvalue weighted by Crippen LogP contribution is -2.30. The fraction of sp³-hybridized carbons (Fsp3) is 0.250. The van der Waals surface area contributed by atoms with E-state index < -0.39 is 7.12 Å². The fourth-order valence-corrected chi connectivity index (χ4v) is 0.507. The van der Waals surface area contributed by atoms with Gasteiger partial charge in [0.25, 0.3) is 0 Å². The molecule has 1 rings (SSSR count). The van der Waals surface area contributed by atoms with Gasteiger partial charge in [0.15, 0.2) is 0 Å². The van der Waals surface area contributed by atoms with Crippen LogP contribution >= 0.6 is 0 Å². The second kappa shape index (κ2) is 2.20. The van der Waals surface area contributed by atoms with Gasteiger partial charge in [0.1, 0.15) is 11.4 Å². The summed E-state index contributed by atoms with van der Waals surface area (Å²) in [4.78, 5) is 0. The number of aromatic nitrogens is 1. The minimum absolute atomic E-state index is 0.146. The van der Waals surface area contributed by atoms with Crippen LogP contribution in [0.3, 0.4) is 0 Å². The second-order valence-electron chi connectivity index (χ2n) is 1.74. The quantitative estimate of drug-likeness (QED) is 0.458. The maximum absolute atomic E-state index is 8.47. The molecule has 0 aliphatic rings. The van der Waals surface area contributed by atoms with Gasteiger partial charge in [0.05, 0.1) is 0 Å². The van der Waals surface area contributed by atoms with Crippen molar-refractivity contribution in [1.29, 1.82) is 0 Å². The SMILES string of the molecule is Cc1cc(B(O)O)no1. The van der Waals surface area contributed by atoms with Crippen LogP contribution in [0.2, 0.25) is 0 Å². The molecule has 0 radical (unpaired) electrons. The zero-order valence-electron chi connectivity index (χ0n) is 4.90. The van der Waals surface area contributed by atoms with Gasteiger partial charge in [-0.1, -0.05) is 5.16 Å². The van der Waals surface area contributed by atoms with Crippen LogP contribution in [0.5, 0.6) is 0 Å². The van der Waals surface area contributed by atoms with Crippen LogP contribution in [-0.4, -0.2) is 22.3 Å². The van der Waals surface area contributed by atoms with E-state index >= 15 is 0 Å². The number of hydrogen-bond donors (Lipinski definition) is 2. The van der Waals surface area contributed by atoms with Crippen LogP contribution in [0.15, 0.2) is 10.6 Å². The molecule has 0 atom stereocenters. The molecule has 1 aromatic heterocycles. The van der Waals surface area contributed by atoms with Gasteiger partial charge >= 0.3 is 7.12 Å². The van der Waals surface area contributed by atoms with Crippen LogP contribution < -0.4 is 5.59 Å².